The summed E-state index contributed by atoms with van der Waals surface area (Å²) < 4.78 is 66.4. The fraction of sp³-hybridized carbons (Fsp3) is 0.368. The Morgan fingerprint density at radius 2 is 1.52 bits per heavy atom. The molecule has 1 aliphatic rings. The van der Waals surface area contributed by atoms with Crippen molar-refractivity contribution in [3.63, 3.8) is 0 Å². The van der Waals surface area contributed by atoms with Crippen LogP contribution in [0.15, 0.2) is 46.2 Å². The molecular formula is C19H22F2N2O5S. The van der Waals surface area contributed by atoms with E-state index in [9.17, 15) is 17.2 Å². The van der Waals surface area contributed by atoms with Crippen LogP contribution in [0.4, 0.5) is 14.5 Å². The molecule has 0 amide bonds. The molecule has 0 radical (unpaired) electrons. The zero-order chi connectivity index (χ0) is 21.0. The van der Waals surface area contributed by atoms with Crippen LogP contribution in [0.3, 0.4) is 0 Å². The van der Waals surface area contributed by atoms with Gasteiger partial charge in [0.1, 0.15) is 5.75 Å². The molecule has 158 valence electrons. The fourth-order valence-electron chi connectivity index (χ4n) is 3.14. The largest absolute Gasteiger partial charge is 0.495 e. The van der Waals surface area contributed by atoms with Crippen LogP contribution in [0.2, 0.25) is 0 Å². The molecule has 1 N–H and O–H groups in total. The number of halogens is 2. The Hall–Kier alpha value is -2.59. The number of nitrogens with zero attached hydrogens (tertiary/aromatic N) is 1. The van der Waals surface area contributed by atoms with Crippen LogP contribution in [0, 0.1) is 0 Å². The zero-order valence-corrected chi connectivity index (χ0v) is 16.8. The highest BCUT2D eigenvalue weighted by Crippen LogP contribution is 2.36. The second-order valence-electron chi connectivity index (χ2n) is 6.27. The van der Waals surface area contributed by atoms with Gasteiger partial charge in [-0.2, -0.15) is 8.78 Å². The highest BCUT2D eigenvalue weighted by atomic mass is 32.2. The molecule has 1 fully saturated rings. The van der Waals surface area contributed by atoms with Crippen molar-refractivity contribution in [2.24, 2.45) is 0 Å². The van der Waals surface area contributed by atoms with Crippen molar-refractivity contribution >= 4 is 15.5 Å². The highest BCUT2D eigenvalue weighted by molar-refractivity contribution is 7.91. The number of methoxy groups -OCH3 is 2. The summed E-state index contributed by atoms with van der Waals surface area (Å²) in [7, 11) is -1.18. The van der Waals surface area contributed by atoms with Crippen LogP contribution in [0.5, 0.6) is 17.2 Å². The van der Waals surface area contributed by atoms with Crippen molar-refractivity contribution in [1.29, 1.82) is 0 Å². The smallest absolute Gasteiger partial charge is 0.387 e. The monoisotopic (exact) mass is 428 g/mol. The first kappa shape index (κ1) is 21.1. The minimum absolute atomic E-state index is 0.0143. The standard InChI is InChI=1S/C19H22F2N2O5S/c1-26-16-5-3-13(11-15(16)23-9-7-22-8-10-23)29(24,25)14-4-6-17(27-2)18(12-14)28-19(20)21/h3-6,11-12,19,22H,7-10H2,1-2H3. The van der Waals surface area contributed by atoms with E-state index in [1.165, 1.54) is 38.5 Å². The number of piperazine rings is 1. The Morgan fingerprint density at radius 3 is 2.10 bits per heavy atom. The van der Waals surface area contributed by atoms with Gasteiger partial charge in [0, 0.05) is 32.2 Å². The molecule has 1 saturated heterocycles. The van der Waals surface area contributed by atoms with E-state index in [0.29, 0.717) is 24.5 Å². The lowest BCUT2D eigenvalue weighted by molar-refractivity contribution is -0.0513. The number of hydrogen-bond acceptors (Lipinski definition) is 7. The Labute approximate surface area is 168 Å². The van der Waals surface area contributed by atoms with Crippen molar-refractivity contribution in [3.8, 4) is 17.2 Å². The zero-order valence-electron chi connectivity index (χ0n) is 16.0. The third-order valence-corrected chi connectivity index (χ3v) is 6.33. The fourth-order valence-corrected chi connectivity index (χ4v) is 4.43. The second kappa shape index (κ2) is 8.83. The first-order valence-electron chi connectivity index (χ1n) is 8.88. The van der Waals surface area contributed by atoms with Crippen molar-refractivity contribution in [1.82, 2.24) is 5.32 Å². The third-order valence-electron chi connectivity index (χ3n) is 4.58. The topological polar surface area (TPSA) is 77.1 Å². The van der Waals surface area contributed by atoms with Crippen molar-refractivity contribution in [2.75, 3.05) is 45.3 Å². The van der Waals surface area contributed by atoms with Gasteiger partial charge in [0.25, 0.3) is 0 Å². The molecule has 3 rings (SSSR count). The van der Waals surface area contributed by atoms with Crippen LogP contribution < -0.4 is 24.4 Å². The molecule has 0 saturated carbocycles. The Morgan fingerprint density at radius 1 is 0.931 bits per heavy atom. The van der Waals surface area contributed by atoms with Crippen LogP contribution in [-0.4, -0.2) is 55.4 Å². The Balaban J connectivity index is 2.03. The maximum absolute atomic E-state index is 13.2. The van der Waals surface area contributed by atoms with Gasteiger partial charge in [-0.1, -0.05) is 0 Å². The predicted molar refractivity (Wildman–Crippen MR) is 103 cm³/mol. The van der Waals surface area contributed by atoms with E-state index in [1.54, 1.807) is 6.07 Å². The molecule has 0 aromatic heterocycles. The van der Waals surface area contributed by atoms with Gasteiger partial charge < -0.3 is 24.4 Å². The van der Waals surface area contributed by atoms with Crippen LogP contribution >= 0.6 is 0 Å². The molecule has 29 heavy (non-hydrogen) atoms. The van der Waals surface area contributed by atoms with Gasteiger partial charge in [0.05, 0.1) is 29.7 Å². The normalized spacial score (nSPS) is 14.7. The number of nitrogens with one attached hydrogen (secondary N) is 1. The molecule has 0 aliphatic carbocycles. The molecule has 0 bridgehead atoms. The molecule has 7 nitrogen and oxygen atoms in total. The maximum atomic E-state index is 13.2. The summed E-state index contributed by atoms with van der Waals surface area (Å²) in [5.41, 5.74) is 0.660. The van der Waals surface area contributed by atoms with E-state index in [4.69, 9.17) is 9.47 Å². The van der Waals surface area contributed by atoms with E-state index in [2.05, 4.69) is 10.1 Å². The summed E-state index contributed by atoms with van der Waals surface area (Å²) in [5, 5.41) is 3.24. The number of sulfone groups is 1. The van der Waals surface area contributed by atoms with Gasteiger partial charge in [-0.25, -0.2) is 8.42 Å². The minimum Gasteiger partial charge on any atom is -0.495 e. The summed E-state index contributed by atoms with van der Waals surface area (Å²) in [6.07, 6.45) is 0. The van der Waals surface area contributed by atoms with Gasteiger partial charge >= 0.3 is 6.61 Å². The lowest BCUT2D eigenvalue weighted by Crippen LogP contribution is -2.43. The van der Waals surface area contributed by atoms with Crippen molar-refractivity contribution in [2.45, 2.75) is 16.4 Å². The van der Waals surface area contributed by atoms with Gasteiger partial charge in [-0.05, 0) is 30.3 Å². The molecular weight excluding hydrogens is 406 g/mol. The van der Waals surface area contributed by atoms with Gasteiger partial charge in [0.15, 0.2) is 11.5 Å². The van der Waals surface area contributed by atoms with Gasteiger partial charge in [-0.15, -0.1) is 0 Å². The maximum Gasteiger partial charge on any atom is 0.387 e. The van der Waals surface area contributed by atoms with E-state index < -0.39 is 16.4 Å². The van der Waals surface area contributed by atoms with E-state index >= 15 is 0 Å². The van der Waals surface area contributed by atoms with Crippen molar-refractivity contribution < 1.29 is 31.4 Å². The minimum atomic E-state index is -3.99. The third kappa shape index (κ3) is 4.54. The average Bonchev–Trinajstić information content (AvgIpc) is 2.73. The summed E-state index contributed by atoms with van der Waals surface area (Å²) in [6, 6.07) is 8.17. The number of anilines is 1. The van der Waals surface area contributed by atoms with E-state index in [0.717, 1.165) is 19.2 Å². The number of benzene rings is 2. The molecule has 10 heteroatoms. The Bertz CT molecular complexity index is 963. The summed E-state index contributed by atoms with van der Waals surface area (Å²) in [5.74, 6) is 0.224. The molecule has 2 aromatic carbocycles. The average molecular weight is 428 g/mol. The van der Waals surface area contributed by atoms with E-state index in [-0.39, 0.29) is 21.3 Å². The molecule has 2 aromatic rings. The summed E-state index contributed by atoms with van der Waals surface area (Å²) >= 11 is 0. The SMILES string of the molecule is COc1ccc(S(=O)(=O)c2ccc(OC)c(N3CCNCC3)c2)cc1OC(F)F. The van der Waals surface area contributed by atoms with Crippen LogP contribution in [-0.2, 0) is 9.84 Å². The quantitative estimate of drug-likeness (QED) is 0.726. The molecule has 0 unspecified atom stereocenters. The first-order valence-corrected chi connectivity index (χ1v) is 10.4. The number of alkyl halides is 2. The number of hydrogen-bond donors (Lipinski definition) is 1. The van der Waals surface area contributed by atoms with Gasteiger partial charge in [-0.3, -0.25) is 0 Å². The lowest BCUT2D eigenvalue weighted by Gasteiger charge is -2.30. The molecule has 1 aliphatic heterocycles. The highest BCUT2D eigenvalue weighted by Gasteiger charge is 2.24. The molecule has 0 spiro atoms. The second-order valence-corrected chi connectivity index (χ2v) is 8.21. The van der Waals surface area contributed by atoms with Gasteiger partial charge in [0.2, 0.25) is 9.84 Å². The van der Waals surface area contributed by atoms with E-state index in [1.807, 2.05) is 4.90 Å². The molecule has 0 atom stereocenters. The summed E-state index contributed by atoms with van der Waals surface area (Å²) in [4.78, 5) is 1.89. The number of ether oxygens (including phenoxy) is 3. The lowest BCUT2D eigenvalue weighted by atomic mass is 10.2. The van der Waals surface area contributed by atoms with Crippen LogP contribution in [0.1, 0.15) is 0 Å². The predicted octanol–water partition coefficient (Wildman–Crippen LogP) is 2.55. The summed E-state index contributed by atoms with van der Waals surface area (Å²) in [6.45, 7) is -0.161. The molecule has 1 heterocycles. The first-order chi connectivity index (χ1) is 13.9. The van der Waals surface area contributed by atoms with Crippen molar-refractivity contribution in [3.05, 3.63) is 36.4 Å². The van der Waals surface area contributed by atoms with Crippen LogP contribution in [0.25, 0.3) is 0 Å². The number of rotatable bonds is 7. The Kier molecular flexibility index (Phi) is 6.43.